The lowest BCUT2D eigenvalue weighted by molar-refractivity contribution is 0.151. The van der Waals surface area contributed by atoms with E-state index < -0.39 is 5.06 Å². The molecule has 1 aliphatic rings. The van der Waals surface area contributed by atoms with Crippen LogP contribution in [0.25, 0.3) is 0 Å². The Balaban J connectivity index is 1.59. The standard InChI is InChI=1S/C13H10N6O3S2/c1-8-16-17-11(20-8)23-12-18-19-13(21-12,9-5-3-2-4-6-9)24-10-14-7-15-22-10/h2-7,19H,1H3. The molecule has 1 N–H and O–H groups in total. The summed E-state index contributed by atoms with van der Waals surface area (Å²) < 4.78 is 16.4. The van der Waals surface area contributed by atoms with E-state index in [9.17, 15) is 0 Å². The zero-order valence-electron chi connectivity index (χ0n) is 12.2. The smallest absolute Gasteiger partial charge is 0.291 e. The molecule has 0 saturated heterocycles. The van der Waals surface area contributed by atoms with Crippen molar-refractivity contribution in [1.29, 1.82) is 0 Å². The third-order valence-corrected chi connectivity index (χ3v) is 4.67. The van der Waals surface area contributed by atoms with E-state index in [2.05, 4.69) is 30.9 Å². The van der Waals surface area contributed by atoms with Gasteiger partial charge in [0.2, 0.25) is 5.89 Å². The second-order valence-corrected chi connectivity index (χ2v) is 6.60. The lowest BCUT2D eigenvalue weighted by Crippen LogP contribution is -2.34. The Bertz CT molecular complexity index is 854. The molecule has 1 aromatic carbocycles. The molecule has 0 aliphatic carbocycles. The average molecular weight is 362 g/mol. The summed E-state index contributed by atoms with van der Waals surface area (Å²) in [5.74, 6) is 0.471. The molecule has 9 nitrogen and oxygen atoms in total. The van der Waals surface area contributed by atoms with Gasteiger partial charge in [0.15, 0.2) is 6.33 Å². The molecular weight excluding hydrogens is 352 g/mol. The average Bonchev–Trinajstić information content (AvgIpc) is 3.33. The van der Waals surface area contributed by atoms with Crippen molar-refractivity contribution >= 4 is 28.8 Å². The maximum Gasteiger partial charge on any atom is 0.291 e. The third kappa shape index (κ3) is 2.95. The normalized spacial score (nSPS) is 19.6. The zero-order valence-corrected chi connectivity index (χ0v) is 13.9. The quantitative estimate of drug-likeness (QED) is 0.742. The van der Waals surface area contributed by atoms with E-state index in [0.717, 1.165) is 17.3 Å². The van der Waals surface area contributed by atoms with Crippen molar-refractivity contribution in [2.24, 2.45) is 5.10 Å². The highest BCUT2D eigenvalue weighted by molar-refractivity contribution is 8.13. The number of benzene rings is 1. The maximum absolute atomic E-state index is 6.03. The van der Waals surface area contributed by atoms with E-state index in [1.54, 1.807) is 6.92 Å². The third-order valence-electron chi connectivity index (χ3n) is 2.93. The lowest BCUT2D eigenvalue weighted by Gasteiger charge is -2.25. The van der Waals surface area contributed by atoms with E-state index in [0.29, 0.717) is 21.6 Å². The molecule has 1 unspecified atom stereocenters. The topological polar surface area (TPSA) is 111 Å². The van der Waals surface area contributed by atoms with Crippen LogP contribution in [0.1, 0.15) is 11.5 Å². The van der Waals surface area contributed by atoms with E-state index in [1.165, 1.54) is 18.1 Å². The van der Waals surface area contributed by atoms with E-state index in [4.69, 9.17) is 13.7 Å². The van der Waals surface area contributed by atoms with Crippen molar-refractivity contribution in [1.82, 2.24) is 25.8 Å². The van der Waals surface area contributed by atoms with Gasteiger partial charge in [-0.25, -0.2) is 0 Å². The van der Waals surface area contributed by atoms with Crippen molar-refractivity contribution in [3.63, 3.8) is 0 Å². The summed E-state index contributed by atoms with van der Waals surface area (Å²) >= 11 is 2.34. The van der Waals surface area contributed by atoms with Gasteiger partial charge in [0.1, 0.15) is 0 Å². The van der Waals surface area contributed by atoms with Crippen LogP contribution in [0.5, 0.6) is 0 Å². The van der Waals surface area contributed by atoms with E-state index in [1.807, 2.05) is 30.3 Å². The number of hydrazone groups is 1. The minimum absolute atomic E-state index is 0.342. The Labute approximate surface area is 144 Å². The molecule has 0 bridgehead atoms. The number of nitrogens with zero attached hydrogens (tertiary/aromatic N) is 5. The van der Waals surface area contributed by atoms with Gasteiger partial charge in [0.05, 0.1) is 0 Å². The molecule has 0 amide bonds. The summed E-state index contributed by atoms with van der Waals surface area (Å²) in [6.45, 7) is 1.71. The maximum atomic E-state index is 6.03. The minimum Gasteiger partial charge on any atom is -0.429 e. The van der Waals surface area contributed by atoms with Gasteiger partial charge in [-0.05, 0) is 0 Å². The molecule has 1 aliphatic heterocycles. The predicted molar refractivity (Wildman–Crippen MR) is 84.8 cm³/mol. The van der Waals surface area contributed by atoms with Crippen LogP contribution in [0.4, 0.5) is 0 Å². The second kappa shape index (κ2) is 6.17. The van der Waals surface area contributed by atoms with Crippen LogP contribution < -0.4 is 5.43 Å². The van der Waals surface area contributed by atoms with Gasteiger partial charge in [0, 0.05) is 36.0 Å². The molecule has 3 aromatic rings. The predicted octanol–water partition coefficient (Wildman–Crippen LogP) is 2.35. The molecular formula is C13H10N6O3S2. The van der Waals surface area contributed by atoms with Gasteiger partial charge in [-0.2, -0.15) is 4.98 Å². The van der Waals surface area contributed by atoms with Crippen LogP contribution in [-0.2, 0) is 9.79 Å². The molecule has 24 heavy (non-hydrogen) atoms. The molecule has 11 heteroatoms. The number of ether oxygens (including phenoxy) is 1. The van der Waals surface area contributed by atoms with E-state index in [-0.39, 0.29) is 0 Å². The second-order valence-electron chi connectivity index (χ2n) is 4.57. The first-order valence-electron chi connectivity index (χ1n) is 6.76. The summed E-state index contributed by atoms with van der Waals surface area (Å²) in [6, 6.07) is 9.56. The Morgan fingerprint density at radius 3 is 2.71 bits per heavy atom. The van der Waals surface area contributed by atoms with Crippen molar-refractivity contribution in [2.45, 2.75) is 22.4 Å². The van der Waals surface area contributed by atoms with Crippen molar-refractivity contribution in [3.8, 4) is 0 Å². The van der Waals surface area contributed by atoms with E-state index >= 15 is 0 Å². The first-order valence-corrected chi connectivity index (χ1v) is 8.40. The highest BCUT2D eigenvalue weighted by atomic mass is 32.2. The van der Waals surface area contributed by atoms with Gasteiger partial charge in [-0.1, -0.05) is 35.5 Å². The molecule has 0 spiro atoms. The lowest BCUT2D eigenvalue weighted by atomic mass is 10.2. The number of aromatic nitrogens is 4. The number of aryl methyl sites for hydroxylation is 1. The van der Waals surface area contributed by atoms with Gasteiger partial charge in [-0.3, -0.25) is 5.43 Å². The molecule has 4 rings (SSSR count). The number of rotatable bonds is 4. The Morgan fingerprint density at radius 1 is 1.12 bits per heavy atom. The molecule has 1 atom stereocenters. The van der Waals surface area contributed by atoms with Crippen molar-refractivity contribution in [2.75, 3.05) is 0 Å². The minimum atomic E-state index is -1.02. The largest absolute Gasteiger partial charge is 0.429 e. The number of thioether (sulfide) groups is 2. The summed E-state index contributed by atoms with van der Waals surface area (Å²) in [5, 5.41) is 15.5. The highest BCUT2D eigenvalue weighted by Crippen LogP contribution is 2.43. The number of hydrogen-bond donors (Lipinski definition) is 1. The first-order chi connectivity index (χ1) is 11.7. The van der Waals surface area contributed by atoms with Crippen LogP contribution >= 0.6 is 23.5 Å². The summed E-state index contributed by atoms with van der Waals surface area (Å²) in [6.07, 6.45) is 1.33. The summed E-state index contributed by atoms with van der Waals surface area (Å²) in [5.41, 5.74) is 3.83. The fraction of sp³-hybridized carbons (Fsp3) is 0.154. The van der Waals surface area contributed by atoms with Crippen LogP contribution in [0, 0.1) is 6.92 Å². The van der Waals surface area contributed by atoms with Crippen molar-refractivity contribution in [3.05, 3.63) is 48.1 Å². The zero-order chi connectivity index (χ0) is 16.4. The fourth-order valence-electron chi connectivity index (χ4n) is 1.94. The van der Waals surface area contributed by atoms with Gasteiger partial charge >= 0.3 is 0 Å². The SMILES string of the molecule is Cc1nnc(SC2=NNC(Sc3ncno3)(c3ccccc3)O2)o1. The van der Waals surface area contributed by atoms with Gasteiger partial charge in [0.25, 0.3) is 20.7 Å². The molecule has 0 fully saturated rings. The Kier molecular flexibility index (Phi) is 3.86. The van der Waals surface area contributed by atoms with Crippen LogP contribution in [-0.4, -0.2) is 25.6 Å². The number of hydrogen-bond acceptors (Lipinski definition) is 11. The molecule has 2 aromatic heterocycles. The van der Waals surface area contributed by atoms with Crippen molar-refractivity contribution < 1.29 is 13.7 Å². The fourth-order valence-corrected chi connectivity index (χ4v) is 3.54. The highest BCUT2D eigenvalue weighted by Gasteiger charge is 2.43. The van der Waals surface area contributed by atoms with Crippen LogP contribution in [0.15, 0.2) is 61.1 Å². The molecule has 0 radical (unpaired) electrons. The Hall–Kier alpha value is -2.53. The number of nitrogens with one attached hydrogen (secondary N) is 1. The Morgan fingerprint density at radius 2 is 2.00 bits per heavy atom. The summed E-state index contributed by atoms with van der Waals surface area (Å²) in [4.78, 5) is 4.03. The van der Waals surface area contributed by atoms with Gasteiger partial charge < -0.3 is 13.7 Å². The van der Waals surface area contributed by atoms with Gasteiger partial charge in [-0.15, -0.1) is 15.3 Å². The molecule has 3 heterocycles. The van der Waals surface area contributed by atoms with Crippen LogP contribution in [0.2, 0.25) is 0 Å². The summed E-state index contributed by atoms with van der Waals surface area (Å²) in [7, 11) is 0. The monoisotopic (exact) mass is 362 g/mol. The first kappa shape index (κ1) is 15.0. The van der Waals surface area contributed by atoms with Crippen LogP contribution in [0.3, 0.4) is 0 Å². The molecule has 122 valence electrons. The molecule has 0 saturated carbocycles.